The molecular weight excluding hydrogens is 302 g/mol. The van der Waals surface area contributed by atoms with Crippen molar-refractivity contribution >= 4 is 29.1 Å². The number of aromatic nitrogens is 3. The first kappa shape index (κ1) is 15.1. The predicted octanol–water partition coefficient (Wildman–Crippen LogP) is 2.13. The monoisotopic (exact) mass is 321 g/mol. The maximum atomic E-state index is 12.0. The number of nitrogens with zero attached hydrogens (tertiary/aromatic N) is 4. The van der Waals surface area contributed by atoms with E-state index in [-0.39, 0.29) is 11.8 Å². The number of piperidine rings is 1. The number of halogens is 1. The van der Waals surface area contributed by atoms with Crippen molar-refractivity contribution in [1.29, 1.82) is 0 Å². The number of hydrogen-bond donors (Lipinski definition) is 1. The minimum atomic E-state index is 0.102. The van der Waals surface area contributed by atoms with Crippen molar-refractivity contribution in [3.05, 3.63) is 23.4 Å². The van der Waals surface area contributed by atoms with Gasteiger partial charge >= 0.3 is 0 Å². The highest BCUT2D eigenvalue weighted by Gasteiger charge is 2.26. The molecule has 0 atom stereocenters. The standard InChI is InChI=1S/C15H20ClN5O/c1-2-7-17-14(22)11-5-9-20(10-6-11)15-19-18-13-12(16)4-3-8-21(13)15/h3-4,8,11H,2,5-7,9-10H2,1H3,(H,17,22). The van der Waals surface area contributed by atoms with Gasteiger partial charge in [-0.25, -0.2) is 0 Å². The summed E-state index contributed by atoms with van der Waals surface area (Å²) in [5.41, 5.74) is 0.668. The first-order valence-electron chi connectivity index (χ1n) is 7.72. The van der Waals surface area contributed by atoms with Crippen LogP contribution >= 0.6 is 11.6 Å². The van der Waals surface area contributed by atoms with Crippen molar-refractivity contribution in [2.24, 2.45) is 5.92 Å². The molecule has 3 rings (SSSR count). The SMILES string of the molecule is CCCNC(=O)C1CCN(c2nnc3c(Cl)cccn23)CC1. The first-order valence-corrected chi connectivity index (χ1v) is 8.10. The van der Waals surface area contributed by atoms with Gasteiger partial charge in [-0.1, -0.05) is 18.5 Å². The zero-order chi connectivity index (χ0) is 15.5. The number of nitrogens with one attached hydrogen (secondary N) is 1. The van der Waals surface area contributed by atoms with E-state index >= 15 is 0 Å². The molecule has 1 aliphatic rings. The minimum absolute atomic E-state index is 0.102. The van der Waals surface area contributed by atoms with Crippen LogP contribution in [-0.2, 0) is 4.79 Å². The molecule has 0 spiro atoms. The fraction of sp³-hybridized carbons (Fsp3) is 0.533. The second-order valence-corrected chi connectivity index (χ2v) is 6.01. The van der Waals surface area contributed by atoms with Crippen LogP contribution in [0, 0.1) is 5.92 Å². The van der Waals surface area contributed by atoms with E-state index in [1.807, 2.05) is 16.7 Å². The lowest BCUT2D eigenvalue weighted by molar-refractivity contribution is -0.125. The second kappa shape index (κ2) is 6.52. The third-order valence-corrected chi connectivity index (χ3v) is 4.36. The molecule has 22 heavy (non-hydrogen) atoms. The van der Waals surface area contributed by atoms with Gasteiger partial charge in [-0.15, -0.1) is 10.2 Å². The number of rotatable bonds is 4. The minimum Gasteiger partial charge on any atom is -0.356 e. The largest absolute Gasteiger partial charge is 0.356 e. The Kier molecular flexibility index (Phi) is 4.47. The van der Waals surface area contributed by atoms with E-state index in [9.17, 15) is 4.79 Å². The Balaban J connectivity index is 1.68. The molecule has 0 bridgehead atoms. The van der Waals surface area contributed by atoms with Gasteiger partial charge in [-0.2, -0.15) is 0 Å². The molecule has 0 radical (unpaired) electrons. The summed E-state index contributed by atoms with van der Waals surface area (Å²) < 4.78 is 1.90. The van der Waals surface area contributed by atoms with Crippen LogP contribution in [0.2, 0.25) is 5.02 Å². The molecule has 2 aromatic rings. The number of fused-ring (bicyclic) bond motifs is 1. The molecule has 0 aromatic carbocycles. The van der Waals surface area contributed by atoms with E-state index in [2.05, 4.69) is 27.3 Å². The molecule has 6 nitrogen and oxygen atoms in total. The van der Waals surface area contributed by atoms with E-state index in [1.54, 1.807) is 6.07 Å². The Morgan fingerprint density at radius 2 is 2.18 bits per heavy atom. The van der Waals surface area contributed by atoms with E-state index in [4.69, 9.17) is 11.6 Å². The second-order valence-electron chi connectivity index (χ2n) is 5.60. The van der Waals surface area contributed by atoms with E-state index in [0.29, 0.717) is 10.7 Å². The van der Waals surface area contributed by atoms with Gasteiger partial charge in [0.15, 0.2) is 5.65 Å². The zero-order valence-corrected chi connectivity index (χ0v) is 13.4. The molecule has 0 saturated carbocycles. The molecule has 0 unspecified atom stereocenters. The Hall–Kier alpha value is -1.82. The quantitative estimate of drug-likeness (QED) is 0.937. The van der Waals surface area contributed by atoms with Crippen molar-refractivity contribution in [3.63, 3.8) is 0 Å². The lowest BCUT2D eigenvalue weighted by atomic mass is 9.96. The van der Waals surface area contributed by atoms with Gasteiger partial charge in [0.05, 0.1) is 5.02 Å². The van der Waals surface area contributed by atoms with Crippen molar-refractivity contribution in [3.8, 4) is 0 Å². The molecule has 1 N–H and O–H groups in total. The van der Waals surface area contributed by atoms with Crippen LogP contribution in [0.1, 0.15) is 26.2 Å². The highest BCUT2D eigenvalue weighted by atomic mass is 35.5. The average Bonchev–Trinajstić information content (AvgIpc) is 2.98. The lowest BCUT2D eigenvalue weighted by Gasteiger charge is -2.31. The normalized spacial score (nSPS) is 16.2. The van der Waals surface area contributed by atoms with Gasteiger partial charge in [0.2, 0.25) is 11.9 Å². The number of hydrogen-bond acceptors (Lipinski definition) is 4. The summed E-state index contributed by atoms with van der Waals surface area (Å²) in [7, 11) is 0. The van der Waals surface area contributed by atoms with Crippen molar-refractivity contribution < 1.29 is 4.79 Å². The van der Waals surface area contributed by atoms with E-state index < -0.39 is 0 Å². The van der Waals surface area contributed by atoms with Gasteiger partial charge in [0.25, 0.3) is 0 Å². The van der Waals surface area contributed by atoms with Crippen LogP contribution in [0.4, 0.5) is 5.95 Å². The molecule has 1 saturated heterocycles. The fourth-order valence-corrected chi connectivity index (χ4v) is 3.02. The van der Waals surface area contributed by atoms with Crippen LogP contribution in [-0.4, -0.2) is 40.1 Å². The average molecular weight is 322 g/mol. The molecule has 7 heteroatoms. The van der Waals surface area contributed by atoms with Crippen LogP contribution in [0.15, 0.2) is 18.3 Å². The number of amides is 1. The molecule has 1 amide bonds. The Labute approximate surface area is 134 Å². The predicted molar refractivity (Wildman–Crippen MR) is 86.2 cm³/mol. The lowest BCUT2D eigenvalue weighted by Crippen LogP contribution is -2.41. The molecule has 1 aliphatic heterocycles. The smallest absolute Gasteiger partial charge is 0.231 e. The number of anilines is 1. The summed E-state index contributed by atoms with van der Waals surface area (Å²) in [6, 6.07) is 3.69. The van der Waals surface area contributed by atoms with E-state index in [1.165, 1.54) is 0 Å². The zero-order valence-electron chi connectivity index (χ0n) is 12.6. The van der Waals surface area contributed by atoms with Gasteiger partial charge in [0, 0.05) is 31.7 Å². The third-order valence-electron chi connectivity index (χ3n) is 4.07. The third kappa shape index (κ3) is 2.88. The van der Waals surface area contributed by atoms with Crippen LogP contribution in [0.25, 0.3) is 5.65 Å². The van der Waals surface area contributed by atoms with Crippen LogP contribution < -0.4 is 10.2 Å². The molecular formula is C15H20ClN5O. The van der Waals surface area contributed by atoms with Crippen LogP contribution in [0.3, 0.4) is 0 Å². The van der Waals surface area contributed by atoms with Crippen LogP contribution in [0.5, 0.6) is 0 Å². The molecule has 118 valence electrons. The van der Waals surface area contributed by atoms with Gasteiger partial charge in [0.1, 0.15) is 0 Å². The Bertz CT molecular complexity index is 663. The number of carbonyl (C=O) groups excluding carboxylic acids is 1. The summed E-state index contributed by atoms with van der Waals surface area (Å²) in [6.45, 7) is 4.42. The Morgan fingerprint density at radius 1 is 1.41 bits per heavy atom. The van der Waals surface area contributed by atoms with Gasteiger partial charge in [-0.3, -0.25) is 9.20 Å². The summed E-state index contributed by atoms with van der Waals surface area (Å²) >= 11 is 6.13. The van der Waals surface area contributed by atoms with Crippen molar-refractivity contribution in [2.75, 3.05) is 24.5 Å². The molecule has 1 fully saturated rings. The maximum absolute atomic E-state index is 12.0. The van der Waals surface area contributed by atoms with E-state index in [0.717, 1.165) is 44.8 Å². The first-order chi connectivity index (χ1) is 10.7. The summed E-state index contributed by atoms with van der Waals surface area (Å²) in [5.74, 6) is 1.08. The van der Waals surface area contributed by atoms with Gasteiger partial charge < -0.3 is 10.2 Å². The fourth-order valence-electron chi connectivity index (χ4n) is 2.82. The molecule has 2 aromatic heterocycles. The molecule has 0 aliphatic carbocycles. The van der Waals surface area contributed by atoms with Gasteiger partial charge in [-0.05, 0) is 31.4 Å². The maximum Gasteiger partial charge on any atom is 0.231 e. The number of carbonyl (C=O) groups is 1. The highest BCUT2D eigenvalue weighted by molar-refractivity contribution is 6.33. The highest BCUT2D eigenvalue weighted by Crippen LogP contribution is 2.24. The summed E-state index contributed by atoms with van der Waals surface area (Å²) in [6.07, 6.45) is 4.56. The number of pyridine rings is 1. The topological polar surface area (TPSA) is 62.5 Å². The molecule has 3 heterocycles. The van der Waals surface area contributed by atoms with Crippen molar-refractivity contribution in [2.45, 2.75) is 26.2 Å². The van der Waals surface area contributed by atoms with Crippen molar-refractivity contribution in [1.82, 2.24) is 19.9 Å². The summed E-state index contributed by atoms with van der Waals surface area (Å²) in [5, 5.41) is 12.0. The summed E-state index contributed by atoms with van der Waals surface area (Å²) in [4.78, 5) is 14.2. The Morgan fingerprint density at radius 3 is 2.91 bits per heavy atom.